The molecule has 0 aliphatic carbocycles. The lowest BCUT2D eigenvalue weighted by Gasteiger charge is -2.30. The Hall–Kier alpha value is -3.45. The molecule has 170 valence electrons. The number of benzene rings is 3. The number of nitrogens with zero attached hydrogens (tertiary/aromatic N) is 4. The summed E-state index contributed by atoms with van der Waals surface area (Å²) in [4.78, 5) is 21.2. The summed E-state index contributed by atoms with van der Waals surface area (Å²) in [6.45, 7) is 0. The Morgan fingerprint density at radius 1 is 0.912 bits per heavy atom. The minimum absolute atomic E-state index is 0.380. The summed E-state index contributed by atoms with van der Waals surface area (Å²) in [6.07, 6.45) is 3.27. The van der Waals surface area contributed by atoms with Gasteiger partial charge >= 0.3 is 5.69 Å². The SMILES string of the molecule is Cn1cncc1C(O)(c1ccc(Cl)cc1)c1ccc2c(c1)c(-c1cccc(Cl)c1)nc(=O)n2C. The van der Waals surface area contributed by atoms with Gasteiger partial charge in [-0.1, -0.05) is 53.5 Å². The number of halogens is 2. The van der Waals surface area contributed by atoms with Crippen LogP contribution in [0, 0.1) is 0 Å². The van der Waals surface area contributed by atoms with E-state index in [0.717, 1.165) is 0 Å². The molecule has 0 saturated carbocycles. The average Bonchev–Trinajstić information content (AvgIpc) is 3.27. The van der Waals surface area contributed by atoms with E-state index in [1.165, 1.54) is 4.57 Å². The van der Waals surface area contributed by atoms with Crippen LogP contribution in [0.2, 0.25) is 10.0 Å². The molecule has 0 aliphatic heterocycles. The van der Waals surface area contributed by atoms with Gasteiger partial charge in [0.05, 0.1) is 29.4 Å². The first-order chi connectivity index (χ1) is 16.3. The minimum Gasteiger partial charge on any atom is -0.374 e. The summed E-state index contributed by atoms with van der Waals surface area (Å²) in [5.41, 5.74) is 1.77. The number of rotatable bonds is 4. The first-order valence-corrected chi connectivity index (χ1v) is 11.3. The van der Waals surface area contributed by atoms with Crippen LogP contribution in [-0.2, 0) is 19.7 Å². The molecule has 8 heteroatoms. The van der Waals surface area contributed by atoms with E-state index in [1.807, 2.05) is 37.4 Å². The van der Waals surface area contributed by atoms with Crippen LogP contribution in [0.3, 0.4) is 0 Å². The molecule has 0 bridgehead atoms. The Bertz CT molecular complexity index is 1590. The second-order valence-electron chi connectivity index (χ2n) is 8.15. The van der Waals surface area contributed by atoms with Crippen molar-refractivity contribution in [3.8, 4) is 11.3 Å². The van der Waals surface area contributed by atoms with E-state index in [0.29, 0.717) is 49.0 Å². The van der Waals surface area contributed by atoms with Crippen molar-refractivity contribution >= 4 is 34.1 Å². The monoisotopic (exact) mass is 490 g/mol. The molecular formula is C26H20Cl2N4O2. The van der Waals surface area contributed by atoms with Crippen molar-refractivity contribution in [2.75, 3.05) is 0 Å². The standard InChI is InChI=1S/C26H20Cl2N4O2/c1-31-15-29-14-23(31)26(34,17-6-9-19(27)10-7-17)18-8-11-22-21(13-18)24(30-25(33)32(22)2)16-4-3-5-20(28)12-16/h3-15,34H,1-2H3. The lowest BCUT2D eigenvalue weighted by Crippen LogP contribution is -2.31. The maximum atomic E-state index is 12.6. The maximum Gasteiger partial charge on any atom is 0.348 e. The zero-order valence-electron chi connectivity index (χ0n) is 18.4. The summed E-state index contributed by atoms with van der Waals surface area (Å²) in [6, 6.07) is 19.7. The average molecular weight is 491 g/mol. The predicted octanol–water partition coefficient (Wildman–Crippen LogP) is 4.93. The van der Waals surface area contributed by atoms with Gasteiger partial charge in [0.15, 0.2) is 5.60 Å². The zero-order chi connectivity index (χ0) is 24.0. The highest BCUT2D eigenvalue weighted by atomic mass is 35.5. The fourth-order valence-corrected chi connectivity index (χ4v) is 4.61. The third kappa shape index (κ3) is 3.60. The van der Waals surface area contributed by atoms with Crippen LogP contribution in [0.4, 0.5) is 0 Å². The smallest absolute Gasteiger partial charge is 0.348 e. The van der Waals surface area contributed by atoms with Gasteiger partial charge in [-0.15, -0.1) is 0 Å². The molecule has 0 radical (unpaired) electrons. The van der Waals surface area contributed by atoms with Crippen LogP contribution in [0.15, 0.2) is 84.0 Å². The first-order valence-electron chi connectivity index (χ1n) is 10.5. The molecule has 0 saturated heterocycles. The maximum absolute atomic E-state index is 12.6. The Balaban J connectivity index is 1.84. The van der Waals surface area contributed by atoms with Gasteiger partial charge < -0.3 is 9.67 Å². The highest BCUT2D eigenvalue weighted by molar-refractivity contribution is 6.31. The third-order valence-corrected chi connectivity index (χ3v) is 6.56. The summed E-state index contributed by atoms with van der Waals surface area (Å²) in [5, 5.41) is 14.1. The van der Waals surface area contributed by atoms with Gasteiger partial charge in [-0.2, -0.15) is 4.98 Å². The molecule has 5 aromatic rings. The van der Waals surface area contributed by atoms with Crippen LogP contribution < -0.4 is 5.69 Å². The molecule has 5 rings (SSSR count). The molecule has 2 aromatic heterocycles. The van der Waals surface area contributed by atoms with Crippen LogP contribution in [0.1, 0.15) is 16.8 Å². The van der Waals surface area contributed by atoms with Gasteiger partial charge in [0, 0.05) is 35.1 Å². The van der Waals surface area contributed by atoms with Crippen molar-refractivity contribution in [1.29, 1.82) is 0 Å². The van der Waals surface area contributed by atoms with Crippen molar-refractivity contribution in [3.63, 3.8) is 0 Å². The number of aryl methyl sites for hydroxylation is 2. The van der Waals surface area contributed by atoms with Gasteiger partial charge in [-0.05, 0) is 47.5 Å². The molecule has 1 N–H and O–H groups in total. The summed E-state index contributed by atoms with van der Waals surface area (Å²) in [7, 11) is 3.50. The van der Waals surface area contributed by atoms with Crippen molar-refractivity contribution in [2.45, 2.75) is 5.60 Å². The number of fused-ring (bicyclic) bond motifs is 1. The van der Waals surface area contributed by atoms with Crippen LogP contribution in [0.25, 0.3) is 22.2 Å². The minimum atomic E-state index is -1.54. The second kappa shape index (κ2) is 8.40. The highest BCUT2D eigenvalue weighted by Gasteiger charge is 2.37. The molecule has 3 aromatic carbocycles. The Labute approximate surface area is 205 Å². The zero-order valence-corrected chi connectivity index (χ0v) is 19.9. The molecular weight excluding hydrogens is 471 g/mol. The Morgan fingerprint density at radius 2 is 1.65 bits per heavy atom. The molecule has 34 heavy (non-hydrogen) atoms. The van der Waals surface area contributed by atoms with E-state index < -0.39 is 5.60 Å². The fourth-order valence-electron chi connectivity index (χ4n) is 4.29. The third-order valence-electron chi connectivity index (χ3n) is 6.07. The van der Waals surface area contributed by atoms with Gasteiger partial charge in [0.25, 0.3) is 0 Å². The molecule has 2 heterocycles. The number of aliphatic hydroxyl groups is 1. The molecule has 0 aliphatic rings. The van der Waals surface area contributed by atoms with E-state index >= 15 is 0 Å². The summed E-state index contributed by atoms with van der Waals surface area (Å²) >= 11 is 12.4. The van der Waals surface area contributed by atoms with Crippen molar-refractivity contribution < 1.29 is 5.11 Å². The van der Waals surface area contributed by atoms with E-state index in [2.05, 4.69) is 9.97 Å². The second-order valence-corrected chi connectivity index (χ2v) is 9.02. The number of hydrogen-bond donors (Lipinski definition) is 1. The van der Waals surface area contributed by atoms with Crippen molar-refractivity contribution in [1.82, 2.24) is 19.1 Å². The van der Waals surface area contributed by atoms with Gasteiger partial charge in [0.2, 0.25) is 0 Å². The lowest BCUT2D eigenvalue weighted by atomic mass is 9.83. The normalized spacial score (nSPS) is 13.2. The molecule has 0 fully saturated rings. The lowest BCUT2D eigenvalue weighted by molar-refractivity contribution is 0.117. The molecule has 0 amide bonds. The molecule has 1 unspecified atom stereocenters. The Kier molecular flexibility index (Phi) is 5.52. The summed E-state index contributed by atoms with van der Waals surface area (Å²) in [5.74, 6) is 0. The number of hydrogen-bond acceptors (Lipinski definition) is 4. The fraction of sp³-hybridized carbons (Fsp3) is 0.115. The molecule has 6 nitrogen and oxygen atoms in total. The van der Waals surface area contributed by atoms with Gasteiger partial charge in [0.1, 0.15) is 0 Å². The summed E-state index contributed by atoms with van der Waals surface area (Å²) < 4.78 is 3.26. The molecule has 1 atom stereocenters. The topological polar surface area (TPSA) is 72.9 Å². The van der Waals surface area contributed by atoms with Crippen LogP contribution in [-0.4, -0.2) is 24.2 Å². The Morgan fingerprint density at radius 3 is 2.32 bits per heavy atom. The number of aromatic nitrogens is 4. The van der Waals surface area contributed by atoms with E-state index in [-0.39, 0.29) is 5.69 Å². The first kappa shape index (κ1) is 22.3. The van der Waals surface area contributed by atoms with Gasteiger partial charge in [-0.25, -0.2) is 9.78 Å². The largest absolute Gasteiger partial charge is 0.374 e. The van der Waals surface area contributed by atoms with Crippen LogP contribution >= 0.6 is 23.2 Å². The van der Waals surface area contributed by atoms with E-state index in [1.54, 1.807) is 60.5 Å². The van der Waals surface area contributed by atoms with E-state index in [4.69, 9.17) is 23.2 Å². The van der Waals surface area contributed by atoms with Gasteiger partial charge in [-0.3, -0.25) is 4.57 Å². The molecule has 0 spiro atoms. The van der Waals surface area contributed by atoms with Crippen molar-refractivity contribution in [3.05, 3.63) is 117 Å². The highest BCUT2D eigenvalue weighted by Crippen LogP contribution is 2.39. The van der Waals surface area contributed by atoms with E-state index in [9.17, 15) is 9.90 Å². The van der Waals surface area contributed by atoms with Crippen LogP contribution in [0.5, 0.6) is 0 Å². The van der Waals surface area contributed by atoms with Crippen molar-refractivity contribution in [2.24, 2.45) is 14.1 Å². The predicted molar refractivity (Wildman–Crippen MR) is 134 cm³/mol. The number of imidazole rings is 1. The quantitative estimate of drug-likeness (QED) is 0.387.